The number of rotatable bonds is 4. The molecule has 1 aromatic heterocycles. The smallest absolute Gasteiger partial charge is 0.388 e. The van der Waals surface area contributed by atoms with E-state index in [0.29, 0.717) is 12.2 Å². The van der Waals surface area contributed by atoms with Crippen molar-refractivity contribution in [3.05, 3.63) is 70.5 Å². The van der Waals surface area contributed by atoms with E-state index in [1.54, 1.807) is 12.1 Å². The third kappa shape index (κ3) is 3.93. The molecule has 1 aliphatic heterocycles. The van der Waals surface area contributed by atoms with Crippen LogP contribution in [0.1, 0.15) is 5.56 Å². The Balaban J connectivity index is 1.41. The first kappa shape index (κ1) is 17.5. The van der Waals surface area contributed by atoms with Gasteiger partial charge < -0.3 is 9.32 Å². The minimum absolute atomic E-state index is 0.207. The molecule has 0 spiro atoms. The summed E-state index contributed by atoms with van der Waals surface area (Å²) in [7, 11) is 0. The largest absolute Gasteiger partial charge is 0.438 e. The lowest BCUT2D eigenvalue weighted by Gasteiger charge is -2.35. The lowest BCUT2D eigenvalue weighted by Crippen LogP contribution is -2.47. The van der Waals surface area contributed by atoms with Crippen LogP contribution in [0.15, 0.2) is 57.7 Å². The van der Waals surface area contributed by atoms with Crippen molar-refractivity contribution in [3.63, 3.8) is 0 Å². The molecule has 2 aromatic carbocycles. The molecule has 0 bridgehead atoms. The molecular weight excluding hydrogens is 347 g/mol. The van der Waals surface area contributed by atoms with Crippen molar-refractivity contribution in [3.8, 4) is 11.5 Å². The van der Waals surface area contributed by atoms with Gasteiger partial charge in [0.25, 0.3) is 0 Å². The summed E-state index contributed by atoms with van der Waals surface area (Å²) in [6.07, 6.45) is 0. The topological polar surface area (TPSA) is 54.5 Å². The minimum atomic E-state index is -0.504. The average Bonchev–Trinajstić information content (AvgIpc) is 3.03. The summed E-state index contributed by atoms with van der Waals surface area (Å²) in [5.41, 5.74) is 3.06. The fourth-order valence-electron chi connectivity index (χ4n) is 3.27. The lowest BCUT2D eigenvalue weighted by atomic mass is 10.2. The van der Waals surface area contributed by atoms with Gasteiger partial charge in [-0.3, -0.25) is 4.90 Å². The van der Waals surface area contributed by atoms with Gasteiger partial charge >= 0.3 is 5.76 Å². The van der Waals surface area contributed by atoms with Crippen molar-refractivity contribution in [2.45, 2.75) is 13.6 Å². The highest BCUT2D eigenvalue weighted by Gasteiger charge is 2.19. The molecule has 140 valence electrons. The molecule has 0 N–H and O–H groups in total. The van der Waals surface area contributed by atoms with E-state index in [-0.39, 0.29) is 11.7 Å². The zero-order valence-corrected chi connectivity index (χ0v) is 15.1. The molecule has 7 heteroatoms. The third-order valence-electron chi connectivity index (χ3n) is 4.77. The van der Waals surface area contributed by atoms with Crippen molar-refractivity contribution in [1.29, 1.82) is 0 Å². The quantitative estimate of drug-likeness (QED) is 0.709. The van der Waals surface area contributed by atoms with Crippen LogP contribution in [-0.4, -0.2) is 40.9 Å². The first-order valence-corrected chi connectivity index (χ1v) is 8.96. The van der Waals surface area contributed by atoms with Crippen LogP contribution >= 0.6 is 0 Å². The predicted octanol–water partition coefficient (Wildman–Crippen LogP) is 2.73. The number of hydrogen-bond donors (Lipinski definition) is 0. The molecule has 3 aromatic rings. The van der Waals surface area contributed by atoms with Crippen molar-refractivity contribution < 1.29 is 8.81 Å². The summed E-state index contributed by atoms with van der Waals surface area (Å²) in [6, 6.07) is 14.2. The van der Waals surface area contributed by atoms with E-state index < -0.39 is 5.76 Å². The summed E-state index contributed by atoms with van der Waals surface area (Å²) in [5.74, 6) is -0.638. The highest BCUT2D eigenvalue weighted by molar-refractivity contribution is 5.51. The molecule has 0 unspecified atom stereocenters. The summed E-state index contributed by atoms with van der Waals surface area (Å²) in [5, 5.41) is 4.25. The van der Waals surface area contributed by atoms with Gasteiger partial charge in [-0.05, 0) is 48.9 Å². The van der Waals surface area contributed by atoms with Gasteiger partial charge in [-0.15, -0.1) is 5.10 Å². The number of nitrogens with zero attached hydrogens (tertiary/aromatic N) is 4. The first-order chi connectivity index (χ1) is 13.1. The van der Waals surface area contributed by atoms with Crippen molar-refractivity contribution >= 4 is 5.69 Å². The fraction of sp³-hybridized carbons (Fsp3) is 0.300. The monoisotopic (exact) mass is 368 g/mol. The molecule has 1 saturated heterocycles. The van der Waals surface area contributed by atoms with Crippen LogP contribution in [-0.2, 0) is 6.67 Å². The summed E-state index contributed by atoms with van der Waals surface area (Å²) >= 11 is 0. The maximum absolute atomic E-state index is 13.0. The summed E-state index contributed by atoms with van der Waals surface area (Å²) in [4.78, 5) is 16.6. The van der Waals surface area contributed by atoms with Gasteiger partial charge in [-0.25, -0.2) is 9.18 Å². The lowest BCUT2D eigenvalue weighted by molar-refractivity contribution is 0.189. The molecule has 0 saturated carbocycles. The van der Waals surface area contributed by atoms with Gasteiger partial charge in [0.05, 0.1) is 0 Å². The molecule has 27 heavy (non-hydrogen) atoms. The first-order valence-electron chi connectivity index (χ1n) is 8.96. The zero-order valence-electron chi connectivity index (χ0n) is 15.1. The van der Waals surface area contributed by atoms with Crippen LogP contribution in [0, 0.1) is 12.7 Å². The van der Waals surface area contributed by atoms with Crippen LogP contribution < -0.4 is 10.7 Å². The maximum atomic E-state index is 13.0. The Morgan fingerprint density at radius 2 is 1.81 bits per heavy atom. The number of halogens is 1. The molecular formula is C20H21FN4O2. The maximum Gasteiger partial charge on any atom is 0.438 e. The van der Waals surface area contributed by atoms with Gasteiger partial charge in [0.1, 0.15) is 12.5 Å². The van der Waals surface area contributed by atoms with Gasteiger partial charge in [0.2, 0.25) is 5.89 Å². The van der Waals surface area contributed by atoms with E-state index in [1.807, 2.05) is 0 Å². The minimum Gasteiger partial charge on any atom is -0.388 e. The summed E-state index contributed by atoms with van der Waals surface area (Å²) in [6.45, 7) is 5.92. The zero-order chi connectivity index (χ0) is 18.8. The predicted molar refractivity (Wildman–Crippen MR) is 101 cm³/mol. The molecule has 6 nitrogen and oxygen atoms in total. The highest BCUT2D eigenvalue weighted by atomic mass is 19.1. The normalized spacial score (nSPS) is 15.3. The fourth-order valence-corrected chi connectivity index (χ4v) is 3.27. The number of hydrogen-bond acceptors (Lipinski definition) is 5. The Bertz CT molecular complexity index is 972. The second-order valence-electron chi connectivity index (χ2n) is 6.77. The number of piperazine rings is 1. The molecule has 0 radical (unpaired) electrons. The Hall–Kier alpha value is -2.93. The molecule has 0 aliphatic carbocycles. The van der Waals surface area contributed by atoms with Crippen molar-refractivity contribution in [1.82, 2.24) is 14.7 Å². The van der Waals surface area contributed by atoms with E-state index >= 15 is 0 Å². The number of anilines is 1. The molecule has 2 heterocycles. The second-order valence-corrected chi connectivity index (χ2v) is 6.77. The molecule has 1 fully saturated rings. The van der Waals surface area contributed by atoms with Crippen LogP contribution in [0.3, 0.4) is 0 Å². The third-order valence-corrected chi connectivity index (χ3v) is 4.77. The second kappa shape index (κ2) is 7.36. The molecule has 0 atom stereocenters. The molecule has 4 rings (SSSR count). The van der Waals surface area contributed by atoms with E-state index in [1.165, 1.54) is 28.1 Å². The number of benzene rings is 2. The van der Waals surface area contributed by atoms with Crippen LogP contribution in [0.2, 0.25) is 0 Å². The van der Waals surface area contributed by atoms with Gasteiger partial charge in [0.15, 0.2) is 0 Å². The van der Waals surface area contributed by atoms with E-state index in [2.05, 4.69) is 46.1 Å². The number of aryl methyl sites for hydroxylation is 1. The van der Waals surface area contributed by atoms with Gasteiger partial charge in [0, 0.05) is 37.4 Å². The van der Waals surface area contributed by atoms with Crippen molar-refractivity contribution in [2.24, 2.45) is 0 Å². The van der Waals surface area contributed by atoms with Gasteiger partial charge in [-0.1, -0.05) is 12.1 Å². The van der Waals surface area contributed by atoms with E-state index in [9.17, 15) is 9.18 Å². The van der Waals surface area contributed by atoms with Crippen LogP contribution in [0.4, 0.5) is 10.1 Å². The standard InChI is InChI=1S/C20H21FN4O2/c1-15-3-2-4-18(13-15)24-11-9-23(10-12-24)14-25-20(26)27-19(22-25)16-5-7-17(21)8-6-16/h2-8,13H,9-12,14H2,1H3. The Morgan fingerprint density at radius 3 is 2.52 bits per heavy atom. The van der Waals surface area contributed by atoms with Crippen molar-refractivity contribution in [2.75, 3.05) is 31.1 Å². The van der Waals surface area contributed by atoms with Crippen LogP contribution in [0.25, 0.3) is 11.5 Å². The Labute approximate surface area is 156 Å². The average molecular weight is 368 g/mol. The van der Waals surface area contributed by atoms with E-state index in [4.69, 9.17) is 4.42 Å². The SMILES string of the molecule is Cc1cccc(N2CCN(Cn3nc(-c4ccc(F)cc4)oc3=O)CC2)c1. The Morgan fingerprint density at radius 1 is 1.07 bits per heavy atom. The molecule has 0 amide bonds. The van der Waals surface area contributed by atoms with E-state index in [0.717, 1.165) is 26.2 Å². The Kier molecular flexibility index (Phi) is 4.77. The molecule has 1 aliphatic rings. The number of aromatic nitrogens is 2. The summed E-state index contributed by atoms with van der Waals surface area (Å²) < 4.78 is 19.6. The van der Waals surface area contributed by atoms with Crippen LogP contribution in [0.5, 0.6) is 0 Å². The highest BCUT2D eigenvalue weighted by Crippen LogP contribution is 2.18. The van der Waals surface area contributed by atoms with Gasteiger partial charge in [-0.2, -0.15) is 4.68 Å².